The number of rotatable bonds is 6. The van der Waals surface area contributed by atoms with Crippen LogP contribution in [0.4, 0.5) is 5.69 Å². The van der Waals surface area contributed by atoms with Crippen molar-refractivity contribution < 1.29 is 4.79 Å². The maximum absolute atomic E-state index is 12.9. The van der Waals surface area contributed by atoms with E-state index < -0.39 is 6.04 Å². The number of hydrogen-bond donors (Lipinski definition) is 1. The smallest absolute Gasteiger partial charge is 0.249 e. The lowest BCUT2D eigenvalue weighted by Gasteiger charge is -2.16. The normalized spacial score (nSPS) is 12.2. The van der Waals surface area contributed by atoms with Crippen molar-refractivity contribution in [3.8, 4) is 0 Å². The van der Waals surface area contributed by atoms with Gasteiger partial charge in [-0.3, -0.25) is 14.2 Å². The van der Waals surface area contributed by atoms with Gasteiger partial charge in [0.1, 0.15) is 6.04 Å². The number of nitrogens with zero attached hydrogens (tertiary/aromatic N) is 4. The third-order valence-electron chi connectivity index (χ3n) is 4.54. The number of amides is 1. The Labute approximate surface area is 182 Å². The summed E-state index contributed by atoms with van der Waals surface area (Å²) < 4.78 is 4.31. The van der Waals surface area contributed by atoms with Gasteiger partial charge in [-0.25, -0.2) is 0 Å². The molecule has 28 heavy (non-hydrogen) atoms. The molecule has 0 spiro atoms. The van der Waals surface area contributed by atoms with Crippen LogP contribution < -0.4 is 5.32 Å². The lowest BCUT2D eigenvalue weighted by molar-refractivity contribution is -0.119. The number of nitrogens with one attached hydrogen (secondary N) is 1. The van der Waals surface area contributed by atoms with Gasteiger partial charge in [-0.05, 0) is 53.9 Å². The molecule has 0 saturated heterocycles. The van der Waals surface area contributed by atoms with Crippen LogP contribution in [0.3, 0.4) is 0 Å². The second kappa shape index (κ2) is 8.68. The van der Waals surface area contributed by atoms with E-state index in [1.807, 2.05) is 31.5 Å². The number of carbonyl (C=O) groups is 1. The van der Waals surface area contributed by atoms with Gasteiger partial charge < -0.3 is 5.32 Å². The number of aromatic nitrogens is 4. The van der Waals surface area contributed by atoms with Crippen molar-refractivity contribution >= 4 is 50.7 Å². The quantitative estimate of drug-likeness (QED) is 0.509. The van der Waals surface area contributed by atoms with Crippen molar-refractivity contribution in [2.45, 2.75) is 39.8 Å². The van der Waals surface area contributed by atoms with Gasteiger partial charge in [0.25, 0.3) is 0 Å². The zero-order valence-corrected chi connectivity index (χ0v) is 18.8. The molecule has 9 heteroatoms. The van der Waals surface area contributed by atoms with E-state index in [1.165, 1.54) is 0 Å². The lowest BCUT2D eigenvalue weighted by atomic mass is 10.2. The van der Waals surface area contributed by atoms with Crippen LogP contribution in [0.25, 0.3) is 0 Å². The number of hydrogen-bond acceptors (Lipinski definition) is 3. The maximum atomic E-state index is 12.9. The van der Waals surface area contributed by atoms with Gasteiger partial charge in [0.2, 0.25) is 5.91 Å². The number of benzene rings is 1. The SMILES string of the molecule is CCC(C(=O)Nc1c(C)nn(Cc2ccc(Cl)cc2Cl)c1C)n1cc(Br)cn1. The minimum atomic E-state index is -0.404. The van der Waals surface area contributed by atoms with Crippen molar-refractivity contribution in [1.29, 1.82) is 0 Å². The number of aryl methyl sites for hydroxylation is 1. The van der Waals surface area contributed by atoms with Crippen molar-refractivity contribution in [1.82, 2.24) is 19.6 Å². The zero-order valence-electron chi connectivity index (χ0n) is 15.7. The molecular formula is C19H20BrCl2N5O. The molecule has 6 nitrogen and oxygen atoms in total. The Morgan fingerprint density at radius 2 is 2.07 bits per heavy atom. The predicted octanol–water partition coefficient (Wildman–Crippen LogP) is 5.40. The summed E-state index contributed by atoms with van der Waals surface area (Å²) in [6.07, 6.45) is 4.08. The van der Waals surface area contributed by atoms with Crippen LogP contribution in [0.1, 0.15) is 36.3 Å². The van der Waals surface area contributed by atoms with E-state index in [0.29, 0.717) is 28.7 Å². The molecule has 3 aromatic rings. The molecule has 0 saturated carbocycles. The summed E-state index contributed by atoms with van der Waals surface area (Å²) in [6.45, 7) is 6.23. The lowest BCUT2D eigenvalue weighted by Crippen LogP contribution is -2.26. The first kappa shape index (κ1) is 20.9. The molecule has 3 rings (SSSR count). The predicted molar refractivity (Wildman–Crippen MR) is 115 cm³/mol. The van der Waals surface area contributed by atoms with Crippen LogP contribution in [0.2, 0.25) is 10.0 Å². The molecule has 1 unspecified atom stereocenters. The Balaban J connectivity index is 1.82. The van der Waals surface area contributed by atoms with E-state index in [0.717, 1.165) is 21.4 Å². The molecule has 0 aliphatic heterocycles. The molecule has 2 heterocycles. The van der Waals surface area contributed by atoms with Gasteiger partial charge in [0.05, 0.1) is 34.3 Å². The Kier molecular flexibility index (Phi) is 6.47. The Morgan fingerprint density at radius 1 is 1.32 bits per heavy atom. The van der Waals surface area contributed by atoms with Crippen molar-refractivity contribution in [2.75, 3.05) is 5.32 Å². The Bertz CT molecular complexity index is 1010. The highest BCUT2D eigenvalue weighted by Gasteiger charge is 2.22. The van der Waals surface area contributed by atoms with Crippen LogP contribution in [0, 0.1) is 13.8 Å². The van der Waals surface area contributed by atoms with Crippen LogP contribution in [-0.4, -0.2) is 25.5 Å². The summed E-state index contributed by atoms with van der Waals surface area (Å²) >= 11 is 15.6. The van der Waals surface area contributed by atoms with Crippen LogP contribution in [0.15, 0.2) is 35.1 Å². The summed E-state index contributed by atoms with van der Waals surface area (Å²) in [4.78, 5) is 12.9. The first-order valence-corrected chi connectivity index (χ1v) is 10.3. The standard InChI is InChI=1S/C19H20BrCl2N5O/c1-4-17(27-10-14(20)8-23-27)19(28)24-18-11(2)25-26(12(18)3)9-13-5-6-15(21)7-16(13)22/h5-8,10,17H,4,9H2,1-3H3,(H,24,28). The van der Waals surface area contributed by atoms with Gasteiger partial charge >= 0.3 is 0 Å². The molecular weight excluding hydrogens is 465 g/mol. The maximum Gasteiger partial charge on any atom is 0.249 e. The summed E-state index contributed by atoms with van der Waals surface area (Å²) in [5.74, 6) is -0.131. The van der Waals surface area contributed by atoms with Gasteiger partial charge in [-0.2, -0.15) is 10.2 Å². The van der Waals surface area contributed by atoms with Crippen molar-refractivity contribution in [3.05, 3.63) is 62.1 Å². The average Bonchev–Trinajstić information content (AvgIpc) is 3.17. The summed E-state index contributed by atoms with van der Waals surface area (Å²) in [5, 5.41) is 13.0. The van der Waals surface area contributed by atoms with Gasteiger partial charge in [0.15, 0.2) is 0 Å². The highest BCUT2D eigenvalue weighted by molar-refractivity contribution is 9.10. The second-order valence-corrected chi connectivity index (χ2v) is 8.25. The third-order valence-corrected chi connectivity index (χ3v) is 5.54. The summed E-state index contributed by atoms with van der Waals surface area (Å²) in [5.41, 5.74) is 3.21. The molecule has 0 aliphatic carbocycles. The minimum absolute atomic E-state index is 0.131. The number of carbonyl (C=O) groups excluding carboxylic acids is 1. The fourth-order valence-electron chi connectivity index (χ4n) is 3.03. The monoisotopic (exact) mass is 483 g/mol. The highest BCUT2D eigenvalue weighted by Crippen LogP contribution is 2.26. The van der Waals surface area contributed by atoms with E-state index >= 15 is 0 Å². The largest absolute Gasteiger partial charge is 0.321 e. The Hall–Kier alpha value is -1.83. The van der Waals surface area contributed by atoms with E-state index in [4.69, 9.17) is 23.2 Å². The van der Waals surface area contributed by atoms with Crippen LogP contribution >= 0.6 is 39.1 Å². The molecule has 0 radical (unpaired) electrons. The number of anilines is 1. The first-order valence-electron chi connectivity index (χ1n) is 8.78. The fourth-order valence-corrected chi connectivity index (χ4v) is 3.80. The van der Waals surface area contributed by atoms with Gasteiger partial charge in [-0.15, -0.1) is 0 Å². The highest BCUT2D eigenvalue weighted by atomic mass is 79.9. The van der Waals surface area contributed by atoms with E-state index in [2.05, 4.69) is 31.4 Å². The topological polar surface area (TPSA) is 64.7 Å². The molecule has 0 bridgehead atoms. The molecule has 1 aromatic carbocycles. The van der Waals surface area contributed by atoms with Gasteiger partial charge in [-0.1, -0.05) is 36.2 Å². The molecule has 0 fully saturated rings. The fraction of sp³-hybridized carbons (Fsp3) is 0.316. The van der Waals surface area contributed by atoms with E-state index in [1.54, 1.807) is 29.2 Å². The van der Waals surface area contributed by atoms with E-state index in [-0.39, 0.29) is 5.91 Å². The van der Waals surface area contributed by atoms with Crippen LogP contribution in [0.5, 0.6) is 0 Å². The molecule has 1 N–H and O–H groups in total. The third kappa shape index (κ3) is 4.42. The van der Waals surface area contributed by atoms with Crippen LogP contribution in [-0.2, 0) is 11.3 Å². The van der Waals surface area contributed by atoms with Crippen molar-refractivity contribution in [2.24, 2.45) is 0 Å². The Morgan fingerprint density at radius 3 is 2.68 bits per heavy atom. The molecule has 1 amide bonds. The second-order valence-electron chi connectivity index (χ2n) is 6.49. The molecule has 148 valence electrons. The zero-order chi connectivity index (χ0) is 20.4. The minimum Gasteiger partial charge on any atom is -0.321 e. The number of halogens is 3. The summed E-state index contributed by atoms with van der Waals surface area (Å²) in [7, 11) is 0. The molecule has 2 aromatic heterocycles. The molecule has 1 atom stereocenters. The van der Waals surface area contributed by atoms with Crippen molar-refractivity contribution in [3.63, 3.8) is 0 Å². The average molecular weight is 485 g/mol. The van der Waals surface area contributed by atoms with Gasteiger partial charge in [0, 0.05) is 16.2 Å². The summed E-state index contributed by atoms with van der Waals surface area (Å²) in [6, 6.07) is 4.98. The molecule has 0 aliphatic rings. The first-order chi connectivity index (χ1) is 13.3. The van der Waals surface area contributed by atoms with E-state index in [9.17, 15) is 4.79 Å².